The van der Waals surface area contributed by atoms with E-state index in [-0.39, 0.29) is 25.7 Å². The number of aromatic amines is 2. The van der Waals surface area contributed by atoms with E-state index in [1.165, 1.54) is 12.5 Å². The Morgan fingerprint density at radius 2 is 1.74 bits per heavy atom. The van der Waals surface area contributed by atoms with Gasteiger partial charge in [0.15, 0.2) is 0 Å². The number of imidazole rings is 1. The fraction of sp³-hybridized carbons (Fsp3) is 0.318. The first-order valence-electron chi connectivity index (χ1n) is 10.6. The smallest absolute Gasteiger partial charge is 0.326 e. The Bertz CT molecular complexity index is 1160. The number of amides is 2. The Labute approximate surface area is 193 Å². The predicted molar refractivity (Wildman–Crippen MR) is 121 cm³/mol. The second kappa shape index (κ2) is 11.1. The molecule has 12 nitrogen and oxygen atoms in total. The molecule has 8 N–H and O–H groups in total. The van der Waals surface area contributed by atoms with Crippen molar-refractivity contribution in [2.24, 2.45) is 5.73 Å². The number of carbonyl (C=O) groups excluding carboxylic acids is 2. The maximum absolute atomic E-state index is 13.0. The van der Waals surface area contributed by atoms with Crippen molar-refractivity contribution in [3.05, 3.63) is 54.2 Å². The molecule has 0 aliphatic rings. The van der Waals surface area contributed by atoms with Gasteiger partial charge in [-0.05, 0) is 18.1 Å². The highest BCUT2D eigenvalue weighted by atomic mass is 16.4. The SMILES string of the molecule is NC(CCC(=O)O)C(=O)NC(Cc1cnc[nH]1)C(=O)NC(Cc1c[nH]c2ccccc12)C(=O)O. The Morgan fingerprint density at radius 1 is 1.00 bits per heavy atom. The minimum absolute atomic E-state index is 0.00263. The first-order valence-corrected chi connectivity index (χ1v) is 10.6. The van der Waals surface area contributed by atoms with Crippen LogP contribution in [-0.2, 0) is 32.0 Å². The number of rotatable bonds is 12. The van der Waals surface area contributed by atoms with Crippen molar-refractivity contribution in [2.45, 2.75) is 43.8 Å². The molecule has 2 aromatic heterocycles. The van der Waals surface area contributed by atoms with Crippen molar-refractivity contribution in [2.75, 3.05) is 0 Å². The van der Waals surface area contributed by atoms with Gasteiger partial charge in [0.05, 0.1) is 12.4 Å². The van der Waals surface area contributed by atoms with Crippen LogP contribution in [0.15, 0.2) is 43.0 Å². The van der Waals surface area contributed by atoms with E-state index in [0.717, 1.165) is 10.9 Å². The van der Waals surface area contributed by atoms with Crippen LogP contribution < -0.4 is 16.4 Å². The van der Waals surface area contributed by atoms with E-state index in [4.69, 9.17) is 10.8 Å². The number of aromatic nitrogens is 3. The maximum Gasteiger partial charge on any atom is 0.326 e. The largest absolute Gasteiger partial charge is 0.481 e. The molecule has 0 aliphatic heterocycles. The van der Waals surface area contributed by atoms with Gasteiger partial charge in [-0.25, -0.2) is 9.78 Å². The van der Waals surface area contributed by atoms with Crippen LogP contribution in [0.5, 0.6) is 0 Å². The summed E-state index contributed by atoms with van der Waals surface area (Å²) in [4.78, 5) is 57.9. The molecule has 3 aromatic rings. The lowest BCUT2D eigenvalue weighted by Crippen LogP contribution is -2.55. The molecule has 1 aromatic carbocycles. The summed E-state index contributed by atoms with van der Waals surface area (Å²) in [5.41, 5.74) is 7.84. The van der Waals surface area contributed by atoms with Gasteiger partial charge in [-0.2, -0.15) is 0 Å². The molecule has 180 valence electrons. The molecule has 2 amide bonds. The topological polar surface area (TPSA) is 203 Å². The Morgan fingerprint density at radius 3 is 2.41 bits per heavy atom. The number of carboxylic acid groups (broad SMARTS) is 2. The summed E-state index contributed by atoms with van der Waals surface area (Å²) in [5.74, 6) is -3.77. The minimum atomic E-state index is -1.26. The molecule has 2 heterocycles. The molecule has 12 heteroatoms. The normalized spacial score (nSPS) is 13.7. The highest BCUT2D eigenvalue weighted by Crippen LogP contribution is 2.19. The average molecular weight is 470 g/mol. The van der Waals surface area contributed by atoms with Crippen molar-refractivity contribution in [3.63, 3.8) is 0 Å². The standard InChI is InChI=1S/C22H26N6O6/c23-15(5-6-19(29)30)20(31)27-17(8-13-10-24-11-26-13)21(32)28-18(22(33)34)7-12-9-25-16-4-2-1-3-14(12)16/h1-4,9-11,15,17-18,25H,5-8,23H2,(H,24,26)(H,27,31)(H,28,32)(H,29,30)(H,33,34). The number of carbonyl (C=O) groups is 4. The number of para-hydroxylation sites is 1. The third-order valence-electron chi connectivity index (χ3n) is 5.33. The summed E-state index contributed by atoms with van der Waals surface area (Å²) in [6.07, 6.45) is 4.17. The van der Waals surface area contributed by atoms with Gasteiger partial charge in [-0.1, -0.05) is 18.2 Å². The predicted octanol–water partition coefficient (Wildman–Crippen LogP) is -0.0775. The van der Waals surface area contributed by atoms with Crippen molar-refractivity contribution < 1.29 is 29.4 Å². The number of hydrogen-bond donors (Lipinski definition) is 7. The van der Waals surface area contributed by atoms with Gasteiger partial charge < -0.3 is 36.5 Å². The van der Waals surface area contributed by atoms with Crippen molar-refractivity contribution >= 4 is 34.7 Å². The minimum Gasteiger partial charge on any atom is -0.481 e. The molecule has 0 aliphatic carbocycles. The van der Waals surface area contributed by atoms with Crippen LogP contribution >= 0.6 is 0 Å². The zero-order valence-corrected chi connectivity index (χ0v) is 18.2. The number of hydrogen-bond acceptors (Lipinski definition) is 6. The van der Waals surface area contributed by atoms with Gasteiger partial charge in [0.25, 0.3) is 0 Å². The van der Waals surface area contributed by atoms with E-state index in [1.54, 1.807) is 6.20 Å². The van der Waals surface area contributed by atoms with Crippen molar-refractivity contribution in [1.29, 1.82) is 0 Å². The van der Waals surface area contributed by atoms with Gasteiger partial charge in [0, 0.05) is 48.3 Å². The molecule has 0 spiro atoms. The molecule has 0 saturated carbocycles. The van der Waals surface area contributed by atoms with Gasteiger partial charge in [-0.15, -0.1) is 0 Å². The van der Waals surface area contributed by atoms with Gasteiger partial charge in [0.1, 0.15) is 12.1 Å². The van der Waals surface area contributed by atoms with E-state index in [0.29, 0.717) is 11.3 Å². The number of fused-ring (bicyclic) bond motifs is 1. The molecule has 0 fully saturated rings. The summed E-state index contributed by atoms with van der Waals surface area (Å²) >= 11 is 0. The van der Waals surface area contributed by atoms with Crippen LogP contribution in [0.3, 0.4) is 0 Å². The van der Waals surface area contributed by atoms with E-state index in [2.05, 4.69) is 25.6 Å². The lowest BCUT2D eigenvalue weighted by atomic mass is 10.0. The Hall–Kier alpha value is -4.19. The highest BCUT2D eigenvalue weighted by Gasteiger charge is 2.29. The first kappa shape index (κ1) is 24.5. The van der Waals surface area contributed by atoms with Gasteiger partial charge >= 0.3 is 11.9 Å². The summed E-state index contributed by atoms with van der Waals surface area (Å²) in [5, 5.41) is 24.3. The van der Waals surface area contributed by atoms with E-state index in [1.807, 2.05) is 24.3 Å². The summed E-state index contributed by atoms with van der Waals surface area (Å²) < 4.78 is 0. The molecule has 3 rings (SSSR count). The zero-order chi connectivity index (χ0) is 24.7. The second-order valence-electron chi connectivity index (χ2n) is 7.84. The van der Waals surface area contributed by atoms with E-state index in [9.17, 15) is 24.3 Å². The number of benzene rings is 1. The van der Waals surface area contributed by atoms with Crippen LogP contribution in [0.25, 0.3) is 10.9 Å². The molecule has 0 saturated heterocycles. The Balaban J connectivity index is 1.73. The fourth-order valence-corrected chi connectivity index (χ4v) is 3.51. The maximum atomic E-state index is 13.0. The molecule has 0 bridgehead atoms. The van der Waals surface area contributed by atoms with Gasteiger partial charge in [-0.3, -0.25) is 14.4 Å². The number of nitrogens with two attached hydrogens (primary N) is 1. The number of H-pyrrole nitrogens is 2. The average Bonchev–Trinajstić information content (AvgIpc) is 3.46. The van der Waals surface area contributed by atoms with Crippen LogP contribution in [0.2, 0.25) is 0 Å². The molecule has 3 atom stereocenters. The zero-order valence-electron chi connectivity index (χ0n) is 18.2. The number of nitrogens with zero attached hydrogens (tertiary/aromatic N) is 1. The highest BCUT2D eigenvalue weighted by molar-refractivity contribution is 5.92. The van der Waals surface area contributed by atoms with Crippen molar-refractivity contribution in [3.8, 4) is 0 Å². The quantitative estimate of drug-likeness (QED) is 0.190. The lowest BCUT2D eigenvalue weighted by Gasteiger charge is -2.22. The van der Waals surface area contributed by atoms with Crippen LogP contribution in [-0.4, -0.2) is 67.0 Å². The summed E-state index contributed by atoms with van der Waals surface area (Å²) in [7, 11) is 0. The molecule has 3 unspecified atom stereocenters. The molecule has 34 heavy (non-hydrogen) atoms. The molecular weight excluding hydrogens is 444 g/mol. The number of carboxylic acids is 2. The summed E-state index contributed by atoms with van der Waals surface area (Å²) in [6, 6.07) is 3.83. The first-order chi connectivity index (χ1) is 16.2. The van der Waals surface area contributed by atoms with Crippen molar-refractivity contribution in [1.82, 2.24) is 25.6 Å². The second-order valence-corrected chi connectivity index (χ2v) is 7.84. The monoisotopic (exact) mass is 470 g/mol. The van der Waals surface area contributed by atoms with Crippen LogP contribution in [0, 0.1) is 0 Å². The number of nitrogens with one attached hydrogen (secondary N) is 4. The fourth-order valence-electron chi connectivity index (χ4n) is 3.51. The Kier molecular flexibility index (Phi) is 7.98. The van der Waals surface area contributed by atoms with Crippen LogP contribution in [0.4, 0.5) is 0 Å². The lowest BCUT2D eigenvalue weighted by molar-refractivity contribution is -0.142. The third kappa shape index (κ3) is 6.42. The molecular formula is C22H26N6O6. The third-order valence-corrected chi connectivity index (χ3v) is 5.33. The van der Waals surface area contributed by atoms with Gasteiger partial charge in [0.2, 0.25) is 11.8 Å². The molecule has 0 radical (unpaired) electrons. The van der Waals surface area contributed by atoms with Crippen LogP contribution in [0.1, 0.15) is 24.1 Å². The van der Waals surface area contributed by atoms with E-state index >= 15 is 0 Å². The summed E-state index contributed by atoms with van der Waals surface area (Å²) in [6.45, 7) is 0. The number of aliphatic carboxylic acids is 2. The van der Waals surface area contributed by atoms with E-state index < -0.39 is 41.9 Å².